The molecule has 1 aliphatic carbocycles. The first-order valence-electron chi connectivity index (χ1n) is 6.23. The van der Waals surface area contributed by atoms with Crippen molar-refractivity contribution in [2.24, 2.45) is 0 Å². The Labute approximate surface area is 97.7 Å². The lowest BCUT2D eigenvalue weighted by atomic mass is 10.1. The van der Waals surface area contributed by atoms with Crippen LogP contribution in [0.5, 0.6) is 0 Å². The number of hydrogen-bond acceptors (Lipinski definition) is 2. The molecule has 1 saturated carbocycles. The SMILES string of the molecule is Cc1ccccc1CCNC1CCCC1O. The first-order valence-corrected chi connectivity index (χ1v) is 6.23. The molecule has 0 radical (unpaired) electrons. The largest absolute Gasteiger partial charge is 0.392 e. The van der Waals surface area contributed by atoms with E-state index in [0.29, 0.717) is 6.04 Å². The molecule has 1 aromatic rings. The molecule has 2 nitrogen and oxygen atoms in total. The monoisotopic (exact) mass is 219 g/mol. The Morgan fingerprint density at radius 1 is 1.31 bits per heavy atom. The molecule has 2 rings (SSSR count). The molecule has 16 heavy (non-hydrogen) atoms. The summed E-state index contributed by atoms with van der Waals surface area (Å²) in [6.45, 7) is 3.12. The fraction of sp³-hybridized carbons (Fsp3) is 0.571. The number of rotatable bonds is 4. The lowest BCUT2D eigenvalue weighted by molar-refractivity contribution is 0.149. The molecule has 88 valence electrons. The minimum atomic E-state index is -0.128. The Kier molecular flexibility index (Phi) is 3.97. The molecule has 2 heteroatoms. The predicted molar refractivity (Wildman–Crippen MR) is 66.5 cm³/mol. The Hall–Kier alpha value is -0.860. The van der Waals surface area contributed by atoms with E-state index < -0.39 is 0 Å². The van der Waals surface area contributed by atoms with Gasteiger partial charge in [-0.3, -0.25) is 0 Å². The van der Waals surface area contributed by atoms with Gasteiger partial charge in [-0.2, -0.15) is 0 Å². The Balaban J connectivity index is 1.78. The molecule has 0 spiro atoms. The lowest BCUT2D eigenvalue weighted by Gasteiger charge is -2.16. The van der Waals surface area contributed by atoms with Crippen molar-refractivity contribution in [3.05, 3.63) is 35.4 Å². The zero-order chi connectivity index (χ0) is 11.4. The molecule has 2 unspecified atom stereocenters. The number of aliphatic hydroxyl groups is 1. The molecule has 1 aliphatic rings. The second kappa shape index (κ2) is 5.46. The van der Waals surface area contributed by atoms with E-state index in [1.165, 1.54) is 11.1 Å². The van der Waals surface area contributed by atoms with E-state index in [9.17, 15) is 5.11 Å². The van der Waals surface area contributed by atoms with Crippen molar-refractivity contribution in [3.63, 3.8) is 0 Å². The van der Waals surface area contributed by atoms with Crippen molar-refractivity contribution >= 4 is 0 Å². The van der Waals surface area contributed by atoms with E-state index in [-0.39, 0.29) is 6.10 Å². The number of benzene rings is 1. The third-order valence-electron chi connectivity index (χ3n) is 3.54. The first kappa shape index (κ1) is 11.6. The standard InChI is InChI=1S/C14H21NO/c1-11-5-2-3-6-12(11)9-10-15-13-7-4-8-14(13)16/h2-3,5-6,13-16H,4,7-10H2,1H3. The maximum Gasteiger partial charge on any atom is 0.0693 e. The molecule has 0 bridgehead atoms. The molecule has 0 aromatic heterocycles. The molecule has 2 atom stereocenters. The summed E-state index contributed by atoms with van der Waals surface area (Å²) >= 11 is 0. The van der Waals surface area contributed by atoms with Gasteiger partial charge in [0, 0.05) is 6.04 Å². The summed E-state index contributed by atoms with van der Waals surface area (Å²) in [4.78, 5) is 0. The van der Waals surface area contributed by atoms with Crippen LogP contribution in [0.4, 0.5) is 0 Å². The van der Waals surface area contributed by atoms with Gasteiger partial charge in [-0.15, -0.1) is 0 Å². The molecule has 2 N–H and O–H groups in total. The summed E-state index contributed by atoms with van der Waals surface area (Å²) < 4.78 is 0. The topological polar surface area (TPSA) is 32.3 Å². The summed E-state index contributed by atoms with van der Waals surface area (Å²) in [7, 11) is 0. The maximum atomic E-state index is 9.68. The summed E-state index contributed by atoms with van der Waals surface area (Å²) in [6, 6.07) is 8.82. The van der Waals surface area contributed by atoms with Crippen LogP contribution < -0.4 is 5.32 Å². The van der Waals surface area contributed by atoms with Crippen molar-refractivity contribution < 1.29 is 5.11 Å². The molecule has 0 aliphatic heterocycles. The molecular weight excluding hydrogens is 198 g/mol. The fourth-order valence-electron chi connectivity index (χ4n) is 2.46. The smallest absolute Gasteiger partial charge is 0.0693 e. The number of nitrogens with one attached hydrogen (secondary N) is 1. The highest BCUT2D eigenvalue weighted by molar-refractivity contribution is 5.25. The van der Waals surface area contributed by atoms with Gasteiger partial charge in [0.25, 0.3) is 0 Å². The van der Waals surface area contributed by atoms with Gasteiger partial charge in [0.15, 0.2) is 0 Å². The van der Waals surface area contributed by atoms with Gasteiger partial charge in [0.2, 0.25) is 0 Å². The summed E-state index contributed by atoms with van der Waals surface area (Å²) in [6.07, 6.45) is 4.16. The highest BCUT2D eigenvalue weighted by atomic mass is 16.3. The van der Waals surface area contributed by atoms with E-state index in [1.54, 1.807) is 0 Å². The molecular formula is C14H21NO. The van der Waals surface area contributed by atoms with E-state index >= 15 is 0 Å². The van der Waals surface area contributed by atoms with Crippen LogP contribution in [0.3, 0.4) is 0 Å². The van der Waals surface area contributed by atoms with Crippen molar-refractivity contribution in [2.75, 3.05) is 6.54 Å². The lowest BCUT2D eigenvalue weighted by Crippen LogP contribution is -2.36. The molecule has 1 aromatic carbocycles. The summed E-state index contributed by atoms with van der Waals surface area (Å²) in [5.74, 6) is 0. The first-order chi connectivity index (χ1) is 7.77. The van der Waals surface area contributed by atoms with Crippen LogP contribution in [0.1, 0.15) is 30.4 Å². The minimum absolute atomic E-state index is 0.128. The number of hydrogen-bond donors (Lipinski definition) is 2. The van der Waals surface area contributed by atoms with Crippen LogP contribution in [-0.4, -0.2) is 23.8 Å². The van der Waals surface area contributed by atoms with Gasteiger partial charge in [-0.25, -0.2) is 0 Å². The average molecular weight is 219 g/mol. The van der Waals surface area contributed by atoms with Crippen LogP contribution in [-0.2, 0) is 6.42 Å². The van der Waals surface area contributed by atoms with E-state index in [0.717, 1.165) is 32.2 Å². The van der Waals surface area contributed by atoms with E-state index in [2.05, 4.69) is 36.5 Å². The Bertz CT molecular complexity index is 337. The minimum Gasteiger partial charge on any atom is -0.392 e. The van der Waals surface area contributed by atoms with Gasteiger partial charge >= 0.3 is 0 Å². The third-order valence-corrected chi connectivity index (χ3v) is 3.54. The maximum absolute atomic E-state index is 9.68. The quantitative estimate of drug-likeness (QED) is 0.812. The number of aliphatic hydroxyl groups excluding tert-OH is 1. The van der Waals surface area contributed by atoms with Crippen molar-refractivity contribution in [3.8, 4) is 0 Å². The van der Waals surface area contributed by atoms with E-state index in [4.69, 9.17) is 0 Å². The van der Waals surface area contributed by atoms with Crippen LogP contribution >= 0.6 is 0 Å². The predicted octanol–water partition coefficient (Wildman–Crippen LogP) is 2.04. The summed E-state index contributed by atoms with van der Waals surface area (Å²) in [5, 5.41) is 13.1. The molecule has 0 heterocycles. The van der Waals surface area contributed by atoms with Crippen LogP contribution in [0, 0.1) is 6.92 Å². The zero-order valence-corrected chi connectivity index (χ0v) is 9.95. The number of aryl methyl sites for hydroxylation is 1. The molecule has 0 saturated heterocycles. The fourth-order valence-corrected chi connectivity index (χ4v) is 2.46. The van der Waals surface area contributed by atoms with Crippen molar-refractivity contribution in [1.29, 1.82) is 0 Å². The highest BCUT2D eigenvalue weighted by Gasteiger charge is 2.23. The molecule has 0 amide bonds. The Morgan fingerprint density at radius 2 is 2.12 bits per heavy atom. The van der Waals surface area contributed by atoms with Gasteiger partial charge in [-0.05, 0) is 50.3 Å². The Morgan fingerprint density at radius 3 is 2.81 bits per heavy atom. The molecule has 1 fully saturated rings. The zero-order valence-electron chi connectivity index (χ0n) is 9.95. The van der Waals surface area contributed by atoms with Gasteiger partial charge < -0.3 is 10.4 Å². The highest BCUT2D eigenvalue weighted by Crippen LogP contribution is 2.18. The van der Waals surface area contributed by atoms with Crippen LogP contribution in [0.15, 0.2) is 24.3 Å². The van der Waals surface area contributed by atoms with Crippen molar-refractivity contribution in [1.82, 2.24) is 5.32 Å². The summed E-state index contributed by atoms with van der Waals surface area (Å²) in [5.41, 5.74) is 2.76. The van der Waals surface area contributed by atoms with E-state index in [1.807, 2.05) is 0 Å². The van der Waals surface area contributed by atoms with Crippen LogP contribution in [0.2, 0.25) is 0 Å². The van der Waals surface area contributed by atoms with Crippen LogP contribution in [0.25, 0.3) is 0 Å². The second-order valence-corrected chi connectivity index (χ2v) is 4.74. The third kappa shape index (κ3) is 2.83. The normalized spacial score (nSPS) is 24.9. The second-order valence-electron chi connectivity index (χ2n) is 4.74. The van der Waals surface area contributed by atoms with Gasteiger partial charge in [0.05, 0.1) is 6.10 Å². The van der Waals surface area contributed by atoms with Gasteiger partial charge in [0.1, 0.15) is 0 Å². The average Bonchev–Trinajstić information content (AvgIpc) is 2.67. The van der Waals surface area contributed by atoms with Gasteiger partial charge in [-0.1, -0.05) is 24.3 Å². The van der Waals surface area contributed by atoms with Crippen molar-refractivity contribution in [2.45, 2.75) is 44.8 Å².